The minimum Gasteiger partial charge on any atom is -0.449 e. The number of nitrogens with one attached hydrogen (secondary N) is 2. The number of urea groups is 1. The molecule has 1 atom stereocenters. The second kappa shape index (κ2) is 7.91. The van der Waals surface area contributed by atoms with Crippen LogP contribution in [-0.4, -0.2) is 24.0 Å². The van der Waals surface area contributed by atoms with Gasteiger partial charge >= 0.3 is 12.0 Å². The van der Waals surface area contributed by atoms with Crippen molar-refractivity contribution in [3.8, 4) is 0 Å². The highest BCUT2D eigenvalue weighted by molar-refractivity contribution is 5.97. The van der Waals surface area contributed by atoms with Crippen LogP contribution in [0.4, 0.5) is 20.6 Å². The fourth-order valence-corrected chi connectivity index (χ4v) is 1.89. The number of ether oxygens (including phenoxy) is 1. The molecule has 25 heavy (non-hydrogen) atoms. The molecule has 0 aliphatic carbocycles. The molecule has 0 radical (unpaired) electrons. The van der Waals surface area contributed by atoms with Gasteiger partial charge in [0.15, 0.2) is 6.10 Å². The first kappa shape index (κ1) is 17.9. The zero-order valence-corrected chi connectivity index (χ0v) is 13.3. The lowest BCUT2D eigenvalue weighted by Gasteiger charge is -2.13. The predicted molar refractivity (Wildman–Crippen MR) is 89.6 cm³/mol. The number of benzene rings is 2. The van der Waals surface area contributed by atoms with Crippen molar-refractivity contribution in [2.45, 2.75) is 13.0 Å². The van der Waals surface area contributed by atoms with Crippen molar-refractivity contribution in [1.82, 2.24) is 0 Å². The molecular weight excluding hydrogens is 329 g/mol. The second-order valence-corrected chi connectivity index (χ2v) is 5.11. The van der Waals surface area contributed by atoms with Gasteiger partial charge < -0.3 is 21.1 Å². The highest BCUT2D eigenvalue weighted by Gasteiger charge is 2.19. The lowest BCUT2D eigenvalue weighted by atomic mass is 10.2. The van der Waals surface area contributed by atoms with E-state index in [9.17, 15) is 18.8 Å². The average Bonchev–Trinajstić information content (AvgIpc) is 2.57. The molecule has 0 aliphatic rings. The highest BCUT2D eigenvalue weighted by atomic mass is 19.1. The molecule has 2 aromatic carbocycles. The van der Waals surface area contributed by atoms with Crippen LogP contribution in [0.1, 0.15) is 17.3 Å². The summed E-state index contributed by atoms with van der Waals surface area (Å²) < 4.78 is 17.9. The molecule has 0 spiro atoms. The van der Waals surface area contributed by atoms with Crippen molar-refractivity contribution in [3.63, 3.8) is 0 Å². The minimum absolute atomic E-state index is 0.205. The van der Waals surface area contributed by atoms with Crippen LogP contribution in [-0.2, 0) is 9.53 Å². The molecule has 3 amide bonds. The zero-order chi connectivity index (χ0) is 18.4. The van der Waals surface area contributed by atoms with E-state index in [2.05, 4.69) is 10.6 Å². The van der Waals surface area contributed by atoms with Gasteiger partial charge in [-0.15, -0.1) is 0 Å². The Labute approximate surface area is 143 Å². The molecule has 2 aromatic rings. The van der Waals surface area contributed by atoms with E-state index in [4.69, 9.17) is 10.5 Å². The normalized spacial score (nSPS) is 11.3. The number of anilines is 2. The second-order valence-electron chi connectivity index (χ2n) is 5.11. The summed E-state index contributed by atoms with van der Waals surface area (Å²) in [7, 11) is 0. The molecule has 0 saturated carbocycles. The summed E-state index contributed by atoms with van der Waals surface area (Å²) in [5.41, 5.74) is 6.00. The third kappa shape index (κ3) is 5.31. The number of halogens is 1. The maximum atomic E-state index is 12.8. The Bertz CT molecular complexity index is 775. The van der Waals surface area contributed by atoms with Crippen molar-refractivity contribution in [1.29, 1.82) is 0 Å². The van der Waals surface area contributed by atoms with E-state index < -0.39 is 29.8 Å². The van der Waals surface area contributed by atoms with Crippen molar-refractivity contribution in [2.75, 3.05) is 10.6 Å². The molecule has 0 heterocycles. The molecule has 0 unspecified atom stereocenters. The quantitative estimate of drug-likeness (QED) is 0.723. The third-order valence-corrected chi connectivity index (χ3v) is 3.15. The standard InChI is InChI=1S/C17H16FN3O4/c1-10(15(22)20-13-8-4-12(18)5-9-13)25-16(23)11-2-6-14(7-3-11)21-17(19)24/h2-10H,1H3,(H,20,22)(H3,19,21,24)/t10-/m1/s1. The molecule has 0 aliphatic heterocycles. The Kier molecular flexibility index (Phi) is 5.67. The van der Waals surface area contributed by atoms with Gasteiger partial charge in [-0.2, -0.15) is 0 Å². The van der Waals surface area contributed by atoms with Crippen molar-refractivity contribution in [3.05, 3.63) is 59.9 Å². The molecule has 4 N–H and O–H groups in total. The molecule has 2 rings (SSSR count). The van der Waals surface area contributed by atoms with Gasteiger partial charge in [-0.05, 0) is 55.5 Å². The molecule has 130 valence electrons. The van der Waals surface area contributed by atoms with E-state index in [0.717, 1.165) is 0 Å². The van der Waals surface area contributed by atoms with E-state index in [0.29, 0.717) is 11.4 Å². The van der Waals surface area contributed by atoms with Crippen LogP contribution in [0.15, 0.2) is 48.5 Å². The first-order valence-corrected chi connectivity index (χ1v) is 7.29. The number of rotatable bonds is 5. The first-order valence-electron chi connectivity index (χ1n) is 7.29. The molecule has 7 nitrogen and oxygen atoms in total. The van der Waals surface area contributed by atoms with E-state index in [1.54, 1.807) is 0 Å². The number of primary amides is 1. The average molecular weight is 345 g/mol. The van der Waals surface area contributed by atoms with Crippen molar-refractivity contribution < 1.29 is 23.5 Å². The number of carbonyl (C=O) groups is 3. The van der Waals surface area contributed by atoms with Gasteiger partial charge in [-0.1, -0.05) is 0 Å². The summed E-state index contributed by atoms with van der Waals surface area (Å²) >= 11 is 0. The van der Waals surface area contributed by atoms with Crippen molar-refractivity contribution in [2.24, 2.45) is 5.73 Å². The summed E-state index contributed by atoms with van der Waals surface area (Å²) in [6, 6.07) is 10.3. The number of hydrogen-bond donors (Lipinski definition) is 3. The summed E-state index contributed by atoms with van der Waals surface area (Å²) in [6.07, 6.45) is -1.05. The summed E-state index contributed by atoms with van der Waals surface area (Å²) in [5, 5.41) is 4.87. The Morgan fingerprint density at radius 1 is 0.960 bits per heavy atom. The largest absolute Gasteiger partial charge is 0.449 e. The van der Waals surface area contributed by atoms with Gasteiger partial charge in [0.25, 0.3) is 5.91 Å². The van der Waals surface area contributed by atoms with Crippen LogP contribution >= 0.6 is 0 Å². The van der Waals surface area contributed by atoms with E-state index in [1.807, 2.05) is 0 Å². The summed E-state index contributed by atoms with van der Waals surface area (Å²) in [6.45, 7) is 1.42. The smallest absolute Gasteiger partial charge is 0.338 e. The lowest BCUT2D eigenvalue weighted by Crippen LogP contribution is -2.30. The Morgan fingerprint density at radius 3 is 2.04 bits per heavy atom. The summed E-state index contributed by atoms with van der Waals surface area (Å²) in [5.74, 6) is -1.67. The van der Waals surface area contributed by atoms with Gasteiger partial charge in [0.1, 0.15) is 5.82 Å². The highest BCUT2D eigenvalue weighted by Crippen LogP contribution is 2.13. The van der Waals surface area contributed by atoms with E-state index >= 15 is 0 Å². The van der Waals surface area contributed by atoms with Crippen LogP contribution in [0.3, 0.4) is 0 Å². The Hall–Kier alpha value is -3.42. The van der Waals surface area contributed by atoms with Crippen LogP contribution in [0.5, 0.6) is 0 Å². The fraction of sp³-hybridized carbons (Fsp3) is 0.118. The molecular formula is C17H16FN3O4. The third-order valence-electron chi connectivity index (χ3n) is 3.15. The van der Waals surface area contributed by atoms with Crippen LogP contribution in [0.2, 0.25) is 0 Å². The van der Waals surface area contributed by atoms with E-state index in [-0.39, 0.29) is 5.56 Å². The van der Waals surface area contributed by atoms with Gasteiger partial charge in [0.2, 0.25) is 0 Å². The topological polar surface area (TPSA) is 111 Å². The van der Waals surface area contributed by atoms with Gasteiger partial charge in [-0.25, -0.2) is 14.0 Å². The Morgan fingerprint density at radius 2 is 1.48 bits per heavy atom. The molecule has 0 fully saturated rings. The maximum Gasteiger partial charge on any atom is 0.338 e. The van der Waals surface area contributed by atoms with Gasteiger partial charge in [0, 0.05) is 11.4 Å². The number of esters is 1. The van der Waals surface area contributed by atoms with Crippen molar-refractivity contribution >= 4 is 29.3 Å². The van der Waals surface area contributed by atoms with Gasteiger partial charge in [0.05, 0.1) is 5.56 Å². The lowest BCUT2D eigenvalue weighted by molar-refractivity contribution is -0.123. The SMILES string of the molecule is C[C@@H](OC(=O)c1ccc(NC(N)=O)cc1)C(=O)Nc1ccc(F)cc1. The van der Waals surface area contributed by atoms with Crippen LogP contribution < -0.4 is 16.4 Å². The first-order chi connectivity index (χ1) is 11.8. The van der Waals surface area contributed by atoms with Gasteiger partial charge in [-0.3, -0.25) is 4.79 Å². The van der Waals surface area contributed by atoms with Crippen LogP contribution in [0, 0.1) is 5.82 Å². The monoisotopic (exact) mass is 345 g/mol. The molecule has 0 bridgehead atoms. The predicted octanol–water partition coefficient (Wildman–Crippen LogP) is 2.50. The molecule has 8 heteroatoms. The van der Waals surface area contributed by atoms with E-state index in [1.165, 1.54) is 55.5 Å². The number of amides is 3. The number of nitrogens with two attached hydrogens (primary N) is 1. The minimum atomic E-state index is -1.05. The fourth-order valence-electron chi connectivity index (χ4n) is 1.89. The van der Waals surface area contributed by atoms with Crippen LogP contribution in [0.25, 0.3) is 0 Å². The maximum absolute atomic E-state index is 12.8. The zero-order valence-electron chi connectivity index (χ0n) is 13.3. The summed E-state index contributed by atoms with van der Waals surface area (Å²) in [4.78, 5) is 34.8. The molecule has 0 saturated heterocycles. The number of hydrogen-bond acceptors (Lipinski definition) is 4. The number of carbonyl (C=O) groups excluding carboxylic acids is 3. The Balaban J connectivity index is 1.93. The molecule has 0 aromatic heterocycles.